The molecule has 2 saturated carbocycles. The number of hydrogen-bond donors (Lipinski definition) is 0. The van der Waals surface area contributed by atoms with Crippen molar-refractivity contribution in [1.29, 1.82) is 0 Å². The largest absolute Gasteiger partial charge is 0.479 e. The smallest absolute Gasteiger partial charge is 0.413 e. The minimum Gasteiger partial charge on any atom is -0.479 e. The Morgan fingerprint density at radius 1 is 1.24 bits per heavy atom. The van der Waals surface area contributed by atoms with Crippen molar-refractivity contribution in [1.82, 2.24) is 9.88 Å². The van der Waals surface area contributed by atoms with E-state index < -0.39 is 12.2 Å². The fraction of sp³-hybridized carbons (Fsp3) is 0.526. The molecule has 2 heterocycles. The molecule has 0 spiro atoms. The van der Waals surface area contributed by atoms with E-state index in [1.54, 1.807) is 6.07 Å². The van der Waals surface area contributed by atoms with E-state index in [4.69, 9.17) is 4.74 Å². The van der Waals surface area contributed by atoms with Gasteiger partial charge in [-0.15, -0.1) is 0 Å². The molecule has 25 heavy (non-hydrogen) atoms. The fourth-order valence-corrected chi connectivity index (χ4v) is 3.27. The van der Waals surface area contributed by atoms with E-state index >= 15 is 0 Å². The molecule has 3 nitrogen and oxygen atoms in total. The predicted octanol–water partition coefficient (Wildman–Crippen LogP) is 4.61. The number of nitrogens with zero attached hydrogens (tertiary/aromatic N) is 2. The summed E-state index contributed by atoms with van der Waals surface area (Å²) >= 11 is 0. The lowest BCUT2D eigenvalue weighted by Gasteiger charge is -2.38. The molecule has 0 saturated heterocycles. The molecule has 6 heteroatoms. The summed E-state index contributed by atoms with van der Waals surface area (Å²) in [6, 6.07) is 1.29. The van der Waals surface area contributed by atoms with Gasteiger partial charge < -0.3 is 9.64 Å². The summed E-state index contributed by atoms with van der Waals surface area (Å²) in [6.07, 6.45) is 6.40. The van der Waals surface area contributed by atoms with E-state index in [0.29, 0.717) is 24.3 Å². The molecule has 1 aromatic rings. The van der Waals surface area contributed by atoms with Gasteiger partial charge in [-0.2, -0.15) is 13.2 Å². The van der Waals surface area contributed by atoms with Gasteiger partial charge >= 0.3 is 6.18 Å². The van der Waals surface area contributed by atoms with Crippen LogP contribution in [0.15, 0.2) is 48.1 Å². The molecule has 0 bridgehead atoms. The van der Waals surface area contributed by atoms with E-state index in [1.807, 2.05) is 12.2 Å². The number of aromatic nitrogens is 1. The zero-order valence-electron chi connectivity index (χ0n) is 13.9. The highest BCUT2D eigenvalue weighted by molar-refractivity contribution is 5.33. The first-order valence-corrected chi connectivity index (χ1v) is 8.81. The average Bonchev–Trinajstić information content (AvgIpc) is 3.47. The second-order valence-electron chi connectivity index (χ2n) is 7.07. The summed E-state index contributed by atoms with van der Waals surface area (Å²) in [5, 5.41) is 0. The molecule has 4 rings (SSSR count). The van der Waals surface area contributed by atoms with E-state index in [9.17, 15) is 13.2 Å². The van der Waals surface area contributed by atoms with Crippen LogP contribution in [0.5, 0.6) is 0 Å². The lowest BCUT2D eigenvalue weighted by Crippen LogP contribution is -2.40. The van der Waals surface area contributed by atoms with Crippen LogP contribution in [-0.2, 0) is 4.74 Å². The minimum atomic E-state index is -4.41. The molecule has 1 atom stereocenters. The molecule has 1 unspecified atom stereocenters. The fourth-order valence-electron chi connectivity index (χ4n) is 3.27. The van der Waals surface area contributed by atoms with Gasteiger partial charge in [0.1, 0.15) is 0 Å². The molecule has 0 aromatic carbocycles. The van der Waals surface area contributed by atoms with Crippen LogP contribution in [0.4, 0.5) is 13.2 Å². The zero-order chi connectivity index (χ0) is 17.4. The molecule has 1 aliphatic heterocycles. The highest BCUT2D eigenvalue weighted by atomic mass is 19.4. The molecule has 2 aliphatic carbocycles. The van der Waals surface area contributed by atoms with Crippen molar-refractivity contribution < 1.29 is 17.9 Å². The molecule has 0 radical (unpaired) electrons. The number of pyridine rings is 1. The first kappa shape index (κ1) is 16.5. The molecule has 134 valence electrons. The van der Waals surface area contributed by atoms with Crippen LogP contribution in [0.2, 0.25) is 0 Å². The Labute approximate surface area is 145 Å². The SMILES string of the molecule is FC(F)(F)C(c1cccnc1)N1CC=CC(C2CC2)=C1OCC1CC1. The van der Waals surface area contributed by atoms with Crippen LogP contribution in [0, 0.1) is 11.8 Å². The van der Waals surface area contributed by atoms with E-state index in [1.165, 1.54) is 23.4 Å². The van der Waals surface area contributed by atoms with Crippen molar-refractivity contribution >= 4 is 0 Å². The third-order valence-electron chi connectivity index (χ3n) is 4.90. The van der Waals surface area contributed by atoms with E-state index in [2.05, 4.69) is 4.98 Å². The molecule has 3 aliphatic rings. The van der Waals surface area contributed by atoms with Crippen LogP contribution < -0.4 is 0 Å². The molecular formula is C19H21F3N2O. The van der Waals surface area contributed by atoms with Gasteiger partial charge in [0, 0.05) is 30.1 Å². The van der Waals surface area contributed by atoms with Crippen LogP contribution in [0.25, 0.3) is 0 Å². The maximum Gasteiger partial charge on any atom is 0.413 e. The Bertz CT molecular complexity index is 676. The van der Waals surface area contributed by atoms with E-state index in [-0.39, 0.29) is 12.1 Å². The summed E-state index contributed by atoms with van der Waals surface area (Å²) in [5.74, 6) is 1.24. The highest BCUT2D eigenvalue weighted by Crippen LogP contribution is 2.46. The Balaban J connectivity index is 1.70. The number of allylic oxidation sites excluding steroid dienone is 2. The second kappa shape index (κ2) is 6.39. The summed E-state index contributed by atoms with van der Waals surface area (Å²) in [7, 11) is 0. The third kappa shape index (κ3) is 3.67. The maximum absolute atomic E-state index is 13.9. The minimum absolute atomic E-state index is 0.146. The molecular weight excluding hydrogens is 329 g/mol. The summed E-state index contributed by atoms with van der Waals surface area (Å²) < 4.78 is 47.8. The van der Waals surface area contributed by atoms with Crippen molar-refractivity contribution in [2.75, 3.05) is 13.2 Å². The van der Waals surface area contributed by atoms with Crippen LogP contribution in [0.3, 0.4) is 0 Å². The highest BCUT2D eigenvalue weighted by Gasteiger charge is 2.47. The molecule has 0 N–H and O–H groups in total. The topological polar surface area (TPSA) is 25.4 Å². The first-order valence-electron chi connectivity index (χ1n) is 8.81. The quantitative estimate of drug-likeness (QED) is 0.749. The van der Waals surface area contributed by atoms with Crippen LogP contribution in [-0.4, -0.2) is 29.2 Å². The molecule has 0 amide bonds. The maximum atomic E-state index is 13.9. The van der Waals surface area contributed by atoms with Crippen molar-refractivity contribution in [3.63, 3.8) is 0 Å². The molecule has 1 aromatic heterocycles. The lowest BCUT2D eigenvalue weighted by atomic mass is 10.0. The summed E-state index contributed by atoms with van der Waals surface area (Å²) in [4.78, 5) is 5.26. The Kier molecular flexibility index (Phi) is 4.21. The number of rotatable bonds is 6. The zero-order valence-corrected chi connectivity index (χ0v) is 13.9. The summed E-state index contributed by atoms with van der Waals surface area (Å²) in [5.41, 5.74) is 1.07. The van der Waals surface area contributed by atoms with Crippen LogP contribution >= 0.6 is 0 Å². The second-order valence-corrected chi connectivity index (χ2v) is 7.07. The lowest BCUT2D eigenvalue weighted by molar-refractivity contribution is -0.187. The third-order valence-corrected chi connectivity index (χ3v) is 4.90. The number of hydrogen-bond acceptors (Lipinski definition) is 3. The Morgan fingerprint density at radius 3 is 2.64 bits per heavy atom. The van der Waals surface area contributed by atoms with Gasteiger partial charge in [0.15, 0.2) is 11.9 Å². The summed E-state index contributed by atoms with van der Waals surface area (Å²) in [6.45, 7) is 0.697. The van der Waals surface area contributed by atoms with Gasteiger partial charge in [0.25, 0.3) is 0 Å². The van der Waals surface area contributed by atoms with Crippen LogP contribution in [0.1, 0.15) is 37.3 Å². The van der Waals surface area contributed by atoms with Gasteiger partial charge in [-0.3, -0.25) is 4.98 Å². The van der Waals surface area contributed by atoms with Crippen molar-refractivity contribution in [2.24, 2.45) is 11.8 Å². The van der Waals surface area contributed by atoms with Gasteiger partial charge in [0.05, 0.1) is 6.61 Å². The van der Waals surface area contributed by atoms with Crippen molar-refractivity contribution in [2.45, 2.75) is 37.9 Å². The van der Waals surface area contributed by atoms with Gasteiger partial charge in [-0.25, -0.2) is 0 Å². The predicted molar refractivity (Wildman–Crippen MR) is 87.3 cm³/mol. The van der Waals surface area contributed by atoms with Gasteiger partial charge in [-0.1, -0.05) is 18.2 Å². The molecule has 2 fully saturated rings. The van der Waals surface area contributed by atoms with Gasteiger partial charge in [-0.05, 0) is 43.6 Å². The van der Waals surface area contributed by atoms with Crippen molar-refractivity contribution in [3.8, 4) is 0 Å². The number of halogens is 3. The van der Waals surface area contributed by atoms with Crippen molar-refractivity contribution in [3.05, 3.63) is 53.7 Å². The average molecular weight is 350 g/mol. The standard InChI is InChI=1S/C19H21F3N2O/c20-19(21,22)17(15-3-1-9-23-11-15)24-10-2-4-16(14-7-8-14)18(24)25-12-13-5-6-13/h1-4,9,11,13-14,17H,5-8,10,12H2. The Morgan fingerprint density at radius 2 is 2.04 bits per heavy atom. The number of alkyl halides is 3. The monoisotopic (exact) mass is 350 g/mol. The van der Waals surface area contributed by atoms with Gasteiger partial charge in [0.2, 0.25) is 0 Å². The first-order chi connectivity index (χ1) is 12.0. The Hall–Kier alpha value is -1.98. The van der Waals surface area contributed by atoms with E-state index in [0.717, 1.165) is 31.3 Å². The number of ether oxygens (including phenoxy) is 1. The normalized spacial score (nSPS) is 22.3.